The van der Waals surface area contributed by atoms with E-state index in [4.69, 9.17) is 26.3 Å². The topological polar surface area (TPSA) is 147 Å². The minimum atomic E-state index is -4.12. The van der Waals surface area contributed by atoms with Gasteiger partial charge in [0.25, 0.3) is 5.91 Å². The monoisotopic (exact) mass is 550 g/mol. The first kappa shape index (κ1) is 26.8. The maximum atomic E-state index is 13.3. The number of benzene rings is 2. The number of amides is 1. The van der Waals surface area contributed by atoms with Crippen molar-refractivity contribution in [3.8, 4) is 28.6 Å². The normalized spacial score (nSPS) is 15.3. The summed E-state index contributed by atoms with van der Waals surface area (Å²) < 4.78 is 37.0. The number of ether oxygens (including phenoxy) is 2. The van der Waals surface area contributed by atoms with E-state index in [2.05, 4.69) is 0 Å². The second kappa shape index (κ2) is 11.0. The van der Waals surface area contributed by atoms with E-state index in [1.165, 1.54) is 40.4 Å². The van der Waals surface area contributed by atoms with Crippen molar-refractivity contribution in [2.24, 2.45) is 0 Å². The number of carbonyl (C=O) groups is 1. The molecule has 0 radical (unpaired) electrons. The Bertz CT molecular complexity index is 1370. The summed E-state index contributed by atoms with van der Waals surface area (Å²) in [5, 5.41) is 30.5. The molecular formula is C25H27ClN2O8S. The predicted octanol–water partition coefficient (Wildman–Crippen LogP) is 3.52. The summed E-state index contributed by atoms with van der Waals surface area (Å²) in [7, 11) is -4.12. The van der Waals surface area contributed by atoms with Crippen LogP contribution in [0.25, 0.3) is 11.1 Å². The molecule has 4 rings (SSSR count). The Morgan fingerprint density at radius 1 is 1.08 bits per heavy atom. The Morgan fingerprint density at radius 2 is 1.76 bits per heavy atom. The lowest BCUT2D eigenvalue weighted by atomic mass is 9.98. The van der Waals surface area contributed by atoms with E-state index in [1.807, 2.05) is 0 Å². The highest BCUT2D eigenvalue weighted by Crippen LogP contribution is 2.39. The average Bonchev–Trinajstić information content (AvgIpc) is 3.19. The molecule has 1 saturated heterocycles. The van der Waals surface area contributed by atoms with E-state index < -0.39 is 20.5 Å². The van der Waals surface area contributed by atoms with Crippen LogP contribution in [0.4, 0.5) is 0 Å². The lowest BCUT2D eigenvalue weighted by molar-refractivity contribution is -0.134. The summed E-state index contributed by atoms with van der Waals surface area (Å²) in [6.07, 6.45) is 0.284. The number of nitrogens with zero attached hydrogens (tertiary/aromatic N) is 1. The van der Waals surface area contributed by atoms with Crippen molar-refractivity contribution in [1.82, 2.24) is 10.0 Å². The number of aromatic nitrogens is 1. The molecule has 12 heteroatoms. The maximum absolute atomic E-state index is 13.3. The van der Waals surface area contributed by atoms with Crippen molar-refractivity contribution in [2.45, 2.75) is 35.4 Å². The van der Waals surface area contributed by atoms with Crippen LogP contribution in [0, 0.1) is 0 Å². The molecule has 0 unspecified atom stereocenters. The van der Waals surface area contributed by atoms with Crippen molar-refractivity contribution < 1.29 is 38.1 Å². The van der Waals surface area contributed by atoms with Gasteiger partial charge in [0.05, 0.1) is 11.5 Å². The Kier molecular flexibility index (Phi) is 7.98. The van der Waals surface area contributed by atoms with Gasteiger partial charge in [0.15, 0.2) is 20.5 Å². The molecule has 2 heterocycles. The van der Waals surface area contributed by atoms with E-state index in [-0.39, 0.29) is 55.9 Å². The molecule has 37 heavy (non-hydrogen) atoms. The number of hydroxylamine groups is 1. The summed E-state index contributed by atoms with van der Waals surface area (Å²) in [5.74, 6) is -0.806. The largest absolute Gasteiger partial charge is 0.494 e. The smallest absolute Gasteiger partial charge is 0.265 e. The first-order chi connectivity index (χ1) is 17.7. The van der Waals surface area contributed by atoms with E-state index >= 15 is 0 Å². The van der Waals surface area contributed by atoms with E-state index in [0.29, 0.717) is 28.3 Å². The Morgan fingerprint density at radius 3 is 2.41 bits per heavy atom. The van der Waals surface area contributed by atoms with Crippen molar-refractivity contribution in [1.29, 1.82) is 0 Å². The van der Waals surface area contributed by atoms with Gasteiger partial charge in [-0.1, -0.05) is 29.8 Å². The molecule has 10 nitrogen and oxygen atoms in total. The van der Waals surface area contributed by atoms with Gasteiger partial charge < -0.3 is 19.7 Å². The fourth-order valence-electron chi connectivity index (χ4n) is 4.40. The zero-order valence-electron chi connectivity index (χ0n) is 19.8. The molecule has 4 N–H and O–H groups in total. The van der Waals surface area contributed by atoms with E-state index in [1.54, 1.807) is 24.3 Å². The third-order valence-corrected chi connectivity index (χ3v) is 9.31. The standard InChI is InChI=1S/C25H27ClN2O8S/c26-21-5-2-1-4-19(21)20-16-22(29)28(23(20)30)12-3-13-36-17-6-8-18(9-7-17)37(33,34)25(24(31)27-32)10-14-35-15-11-25/h1-2,4-9,16,29-30,32H,3,10-15H2,(H,27,31). The number of sulfone groups is 1. The van der Waals surface area contributed by atoms with Crippen LogP contribution in [-0.4, -0.2) is 58.9 Å². The Balaban J connectivity index is 1.39. The number of carbonyl (C=O) groups excluding carboxylic acids is 1. The molecule has 0 spiro atoms. The van der Waals surface area contributed by atoms with E-state index in [9.17, 15) is 23.4 Å². The fourth-order valence-corrected chi connectivity index (χ4v) is 6.57. The summed E-state index contributed by atoms with van der Waals surface area (Å²) in [5.41, 5.74) is 2.50. The SMILES string of the molecule is O=C(NO)C1(S(=O)(=O)c2ccc(OCCCn3c(O)cc(-c4ccccc4Cl)c3O)cc2)CCOCC1. The molecule has 198 valence electrons. The molecule has 1 fully saturated rings. The number of hydrogen-bond donors (Lipinski definition) is 4. The van der Waals surface area contributed by atoms with Crippen molar-refractivity contribution >= 4 is 27.3 Å². The number of aromatic hydroxyl groups is 2. The van der Waals surface area contributed by atoms with Crippen LogP contribution in [0.15, 0.2) is 59.5 Å². The Hall–Kier alpha value is -3.25. The van der Waals surface area contributed by atoms with Gasteiger partial charge >= 0.3 is 0 Å². The average molecular weight is 551 g/mol. The van der Waals surface area contributed by atoms with Gasteiger partial charge in [-0.15, -0.1) is 0 Å². The molecule has 1 aliphatic heterocycles. The first-order valence-corrected chi connectivity index (χ1v) is 13.4. The lowest BCUT2D eigenvalue weighted by Gasteiger charge is -2.34. The quantitative estimate of drug-likeness (QED) is 0.180. The van der Waals surface area contributed by atoms with Gasteiger partial charge in [0.1, 0.15) is 5.75 Å². The molecule has 1 aromatic heterocycles. The summed E-state index contributed by atoms with van der Waals surface area (Å²) in [6, 6.07) is 14.1. The van der Waals surface area contributed by atoms with Gasteiger partial charge in [-0.25, -0.2) is 13.9 Å². The van der Waals surface area contributed by atoms with Crippen LogP contribution >= 0.6 is 11.6 Å². The van der Waals surface area contributed by atoms with Crippen LogP contribution < -0.4 is 10.2 Å². The van der Waals surface area contributed by atoms with Gasteiger partial charge in [-0.05, 0) is 49.6 Å². The number of rotatable bonds is 9. The van der Waals surface area contributed by atoms with Crippen LogP contribution in [0.1, 0.15) is 19.3 Å². The lowest BCUT2D eigenvalue weighted by Crippen LogP contribution is -2.54. The maximum Gasteiger partial charge on any atom is 0.265 e. The van der Waals surface area contributed by atoms with E-state index in [0.717, 1.165) is 0 Å². The zero-order chi connectivity index (χ0) is 26.6. The minimum absolute atomic E-state index is 0.0698. The van der Waals surface area contributed by atoms with Gasteiger partial charge in [0, 0.05) is 42.0 Å². The molecular weight excluding hydrogens is 524 g/mol. The Labute approximate surface area is 218 Å². The van der Waals surface area contributed by atoms with Crippen molar-refractivity contribution in [3.63, 3.8) is 0 Å². The molecule has 0 atom stereocenters. The van der Waals surface area contributed by atoms with Crippen LogP contribution in [0.5, 0.6) is 17.5 Å². The van der Waals surface area contributed by atoms with Crippen molar-refractivity contribution in [3.05, 3.63) is 59.6 Å². The molecule has 3 aromatic rings. The molecule has 0 saturated carbocycles. The molecule has 1 amide bonds. The second-order valence-electron chi connectivity index (χ2n) is 8.60. The molecule has 0 bridgehead atoms. The highest BCUT2D eigenvalue weighted by atomic mass is 35.5. The minimum Gasteiger partial charge on any atom is -0.494 e. The summed E-state index contributed by atoms with van der Waals surface area (Å²) >= 11 is 6.20. The number of nitrogens with one attached hydrogen (secondary N) is 1. The van der Waals surface area contributed by atoms with Gasteiger partial charge in [-0.2, -0.15) is 0 Å². The zero-order valence-corrected chi connectivity index (χ0v) is 21.3. The van der Waals surface area contributed by atoms with Gasteiger partial charge in [-0.3, -0.25) is 14.6 Å². The first-order valence-electron chi connectivity index (χ1n) is 11.6. The molecule has 0 aliphatic carbocycles. The summed E-state index contributed by atoms with van der Waals surface area (Å²) in [4.78, 5) is 12.3. The molecule has 1 aliphatic rings. The molecule has 2 aromatic carbocycles. The second-order valence-corrected chi connectivity index (χ2v) is 11.3. The fraction of sp³-hybridized carbons (Fsp3) is 0.320. The predicted molar refractivity (Wildman–Crippen MR) is 135 cm³/mol. The third-order valence-electron chi connectivity index (χ3n) is 6.47. The van der Waals surface area contributed by atoms with Crippen LogP contribution in [0.3, 0.4) is 0 Å². The highest BCUT2D eigenvalue weighted by Gasteiger charge is 2.52. The third kappa shape index (κ3) is 5.12. The van der Waals surface area contributed by atoms with Crippen LogP contribution in [-0.2, 0) is 25.9 Å². The highest BCUT2D eigenvalue weighted by molar-refractivity contribution is 7.93. The van der Waals surface area contributed by atoms with Gasteiger partial charge in [0.2, 0.25) is 5.88 Å². The van der Waals surface area contributed by atoms with Crippen LogP contribution in [0.2, 0.25) is 5.02 Å². The number of hydrogen-bond acceptors (Lipinski definition) is 8. The summed E-state index contributed by atoms with van der Waals surface area (Å²) in [6.45, 7) is 0.648. The van der Waals surface area contributed by atoms with Crippen molar-refractivity contribution in [2.75, 3.05) is 19.8 Å². The number of halogens is 1.